The number of nitrogens with one attached hydrogen (secondary N) is 1. The first kappa shape index (κ1) is 15.7. The van der Waals surface area contributed by atoms with E-state index in [2.05, 4.69) is 22.3 Å². The first-order valence-corrected chi connectivity index (χ1v) is 8.04. The molecule has 0 aromatic heterocycles. The van der Waals surface area contributed by atoms with E-state index in [0.29, 0.717) is 5.56 Å². The maximum absolute atomic E-state index is 12.5. The van der Waals surface area contributed by atoms with Gasteiger partial charge in [-0.3, -0.25) is 9.69 Å². The summed E-state index contributed by atoms with van der Waals surface area (Å²) in [6.45, 7) is 4.13. The molecule has 4 nitrogen and oxygen atoms in total. The van der Waals surface area contributed by atoms with Gasteiger partial charge in [-0.15, -0.1) is 0 Å². The number of carbonyl (C=O) groups excluding carboxylic acids is 1. The molecule has 1 N–H and O–H groups in total. The molecule has 1 amide bonds. The molecule has 0 unspecified atom stereocenters. The molecular weight excluding hydrogens is 288 g/mol. The summed E-state index contributed by atoms with van der Waals surface area (Å²) in [6, 6.07) is 19.5. The van der Waals surface area contributed by atoms with Crippen molar-refractivity contribution in [1.29, 1.82) is 0 Å². The Balaban J connectivity index is 1.73. The summed E-state index contributed by atoms with van der Waals surface area (Å²) in [7, 11) is 0. The molecule has 1 aliphatic heterocycles. The van der Waals surface area contributed by atoms with Gasteiger partial charge in [0, 0.05) is 25.2 Å². The number of benzene rings is 2. The molecule has 1 fully saturated rings. The fourth-order valence-electron chi connectivity index (χ4n) is 2.79. The van der Waals surface area contributed by atoms with Crippen molar-refractivity contribution in [1.82, 2.24) is 10.2 Å². The Kier molecular flexibility index (Phi) is 5.40. The molecule has 120 valence electrons. The zero-order valence-electron chi connectivity index (χ0n) is 13.2. The van der Waals surface area contributed by atoms with Crippen molar-refractivity contribution in [3.8, 4) is 0 Å². The number of amides is 1. The van der Waals surface area contributed by atoms with Gasteiger partial charge in [0.05, 0.1) is 19.3 Å². The van der Waals surface area contributed by atoms with Crippen molar-refractivity contribution in [3.05, 3.63) is 71.8 Å². The standard InChI is InChI=1S/C19H22N2O2/c22-19(17-9-5-2-6-10-17)20-18(16-7-3-1-4-8-16)15-21-11-13-23-14-12-21/h1-10,18H,11-15H2,(H,20,22)/t18-/m1/s1. The third kappa shape index (κ3) is 4.41. The molecule has 0 saturated carbocycles. The van der Waals surface area contributed by atoms with Crippen LogP contribution in [0.5, 0.6) is 0 Å². The predicted molar refractivity (Wildman–Crippen MR) is 90.4 cm³/mol. The first-order chi connectivity index (χ1) is 11.3. The minimum atomic E-state index is -0.0345. The molecule has 1 aliphatic rings. The van der Waals surface area contributed by atoms with Gasteiger partial charge >= 0.3 is 0 Å². The molecule has 2 aromatic carbocycles. The Hall–Kier alpha value is -2.17. The van der Waals surface area contributed by atoms with Crippen molar-refractivity contribution in [2.24, 2.45) is 0 Å². The summed E-state index contributed by atoms with van der Waals surface area (Å²) in [5, 5.41) is 3.18. The molecule has 1 atom stereocenters. The maximum atomic E-state index is 12.5. The molecule has 23 heavy (non-hydrogen) atoms. The van der Waals surface area contributed by atoms with E-state index in [9.17, 15) is 4.79 Å². The predicted octanol–water partition coefficient (Wildman–Crippen LogP) is 2.49. The highest BCUT2D eigenvalue weighted by molar-refractivity contribution is 5.94. The highest BCUT2D eigenvalue weighted by Gasteiger charge is 2.20. The second-order valence-corrected chi connectivity index (χ2v) is 5.72. The average Bonchev–Trinajstić information content (AvgIpc) is 2.63. The van der Waals surface area contributed by atoms with Crippen molar-refractivity contribution < 1.29 is 9.53 Å². The number of carbonyl (C=O) groups is 1. The molecule has 3 rings (SSSR count). The zero-order chi connectivity index (χ0) is 15.9. The second-order valence-electron chi connectivity index (χ2n) is 5.72. The third-order valence-corrected chi connectivity index (χ3v) is 4.09. The van der Waals surface area contributed by atoms with Crippen LogP contribution in [0.1, 0.15) is 22.0 Å². The number of nitrogens with zero attached hydrogens (tertiary/aromatic N) is 1. The van der Waals surface area contributed by atoms with Gasteiger partial charge in [-0.1, -0.05) is 48.5 Å². The van der Waals surface area contributed by atoms with E-state index in [0.717, 1.165) is 38.4 Å². The van der Waals surface area contributed by atoms with Crippen molar-refractivity contribution in [2.75, 3.05) is 32.8 Å². The molecule has 0 aliphatic carbocycles. The van der Waals surface area contributed by atoms with E-state index in [1.807, 2.05) is 48.5 Å². The highest BCUT2D eigenvalue weighted by Crippen LogP contribution is 2.16. The Morgan fingerprint density at radius 3 is 2.26 bits per heavy atom. The summed E-state index contributed by atoms with van der Waals surface area (Å²) < 4.78 is 5.41. The van der Waals surface area contributed by atoms with E-state index in [4.69, 9.17) is 4.74 Å². The summed E-state index contributed by atoms with van der Waals surface area (Å²) in [5.41, 5.74) is 1.82. The molecule has 0 radical (unpaired) electrons. The minimum Gasteiger partial charge on any atom is -0.379 e. The van der Waals surface area contributed by atoms with Crippen molar-refractivity contribution in [2.45, 2.75) is 6.04 Å². The molecule has 0 bridgehead atoms. The van der Waals surface area contributed by atoms with Crippen LogP contribution in [-0.2, 0) is 4.74 Å². The Labute approximate surface area is 137 Å². The summed E-state index contributed by atoms with van der Waals surface area (Å²) in [4.78, 5) is 14.9. The van der Waals surface area contributed by atoms with Crippen LogP contribution < -0.4 is 5.32 Å². The monoisotopic (exact) mass is 310 g/mol. The van der Waals surface area contributed by atoms with Crippen LogP contribution in [0.15, 0.2) is 60.7 Å². The number of rotatable bonds is 5. The zero-order valence-corrected chi connectivity index (χ0v) is 13.2. The van der Waals surface area contributed by atoms with Gasteiger partial charge in [0.1, 0.15) is 0 Å². The molecule has 1 saturated heterocycles. The number of ether oxygens (including phenoxy) is 1. The van der Waals surface area contributed by atoms with Gasteiger partial charge in [0.15, 0.2) is 0 Å². The molecular formula is C19H22N2O2. The fraction of sp³-hybridized carbons (Fsp3) is 0.316. The van der Waals surface area contributed by atoms with Crippen LogP contribution in [0.25, 0.3) is 0 Å². The smallest absolute Gasteiger partial charge is 0.251 e. The van der Waals surface area contributed by atoms with E-state index >= 15 is 0 Å². The normalized spacial score (nSPS) is 16.7. The fourth-order valence-corrected chi connectivity index (χ4v) is 2.79. The lowest BCUT2D eigenvalue weighted by Gasteiger charge is -2.31. The lowest BCUT2D eigenvalue weighted by molar-refractivity contribution is 0.0332. The van der Waals surface area contributed by atoms with Crippen molar-refractivity contribution in [3.63, 3.8) is 0 Å². The third-order valence-electron chi connectivity index (χ3n) is 4.09. The van der Waals surface area contributed by atoms with Crippen LogP contribution in [0.3, 0.4) is 0 Å². The lowest BCUT2D eigenvalue weighted by atomic mass is 10.1. The number of hydrogen-bond donors (Lipinski definition) is 1. The van der Waals surface area contributed by atoms with Crippen LogP contribution >= 0.6 is 0 Å². The highest BCUT2D eigenvalue weighted by atomic mass is 16.5. The quantitative estimate of drug-likeness (QED) is 0.922. The molecule has 2 aromatic rings. The average molecular weight is 310 g/mol. The second kappa shape index (κ2) is 7.90. The van der Waals surface area contributed by atoms with Crippen LogP contribution in [0, 0.1) is 0 Å². The minimum absolute atomic E-state index is 0.0259. The van der Waals surface area contributed by atoms with Gasteiger partial charge in [-0.05, 0) is 17.7 Å². The van der Waals surface area contributed by atoms with Crippen LogP contribution in [0.2, 0.25) is 0 Å². The van der Waals surface area contributed by atoms with E-state index in [-0.39, 0.29) is 11.9 Å². The number of hydrogen-bond acceptors (Lipinski definition) is 3. The topological polar surface area (TPSA) is 41.6 Å². The Morgan fingerprint density at radius 1 is 1.00 bits per heavy atom. The lowest BCUT2D eigenvalue weighted by Crippen LogP contribution is -2.43. The summed E-state index contributed by atoms with van der Waals surface area (Å²) >= 11 is 0. The summed E-state index contributed by atoms with van der Waals surface area (Å²) in [5.74, 6) is -0.0345. The van der Waals surface area contributed by atoms with Crippen LogP contribution in [-0.4, -0.2) is 43.7 Å². The van der Waals surface area contributed by atoms with E-state index in [1.165, 1.54) is 0 Å². The Bertz CT molecular complexity index is 610. The summed E-state index contributed by atoms with van der Waals surface area (Å²) in [6.07, 6.45) is 0. The van der Waals surface area contributed by atoms with Gasteiger partial charge < -0.3 is 10.1 Å². The van der Waals surface area contributed by atoms with E-state index < -0.39 is 0 Å². The van der Waals surface area contributed by atoms with Gasteiger partial charge in [0.2, 0.25) is 0 Å². The first-order valence-electron chi connectivity index (χ1n) is 8.04. The molecule has 0 spiro atoms. The SMILES string of the molecule is O=C(N[C@H](CN1CCOCC1)c1ccccc1)c1ccccc1. The van der Waals surface area contributed by atoms with Crippen LogP contribution in [0.4, 0.5) is 0 Å². The molecule has 4 heteroatoms. The van der Waals surface area contributed by atoms with Crippen molar-refractivity contribution >= 4 is 5.91 Å². The Morgan fingerprint density at radius 2 is 1.61 bits per heavy atom. The van der Waals surface area contributed by atoms with Gasteiger partial charge in [0.25, 0.3) is 5.91 Å². The molecule has 1 heterocycles. The van der Waals surface area contributed by atoms with E-state index in [1.54, 1.807) is 0 Å². The maximum Gasteiger partial charge on any atom is 0.251 e. The largest absolute Gasteiger partial charge is 0.379 e. The van der Waals surface area contributed by atoms with Gasteiger partial charge in [-0.2, -0.15) is 0 Å². The number of morpholine rings is 1. The van der Waals surface area contributed by atoms with Gasteiger partial charge in [-0.25, -0.2) is 0 Å².